The molecule has 0 aliphatic heterocycles. The molecule has 4 rings (SSSR count). The number of nitro benzene ring substituents is 1. The number of nitrogens with one attached hydrogen (secondary N) is 1. The van der Waals surface area contributed by atoms with Crippen LogP contribution in [-0.4, -0.2) is 31.3 Å². The minimum Gasteiger partial charge on any atom is -0.496 e. The molecule has 1 heterocycles. The quantitative estimate of drug-likeness (QED) is 0.248. The van der Waals surface area contributed by atoms with Gasteiger partial charge in [-0.3, -0.25) is 14.9 Å². The number of nitro groups is 1. The molecule has 9 heteroatoms. The number of nitrogens with zero attached hydrogens (tertiary/aromatic N) is 2. The van der Waals surface area contributed by atoms with Gasteiger partial charge in [0, 0.05) is 12.1 Å². The summed E-state index contributed by atoms with van der Waals surface area (Å²) in [6.07, 6.45) is 1.33. The van der Waals surface area contributed by atoms with Crippen molar-refractivity contribution in [2.45, 2.75) is 0 Å². The molecule has 0 radical (unpaired) electrons. The van der Waals surface area contributed by atoms with E-state index in [1.54, 1.807) is 24.3 Å². The van der Waals surface area contributed by atoms with E-state index in [4.69, 9.17) is 13.9 Å². The van der Waals surface area contributed by atoms with Crippen molar-refractivity contribution in [3.05, 3.63) is 88.2 Å². The van der Waals surface area contributed by atoms with Gasteiger partial charge in [0.15, 0.2) is 0 Å². The first-order chi connectivity index (χ1) is 16.0. The highest BCUT2D eigenvalue weighted by Crippen LogP contribution is 2.34. The monoisotopic (exact) mass is 445 g/mol. The molecule has 4 aromatic rings. The van der Waals surface area contributed by atoms with Gasteiger partial charge in [0.25, 0.3) is 11.6 Å². The van der Waals surface area contributed by atoms with Gasteiger partial charge in [-0.1, -0.05) is 24.3 Å². The van der Waals surface area contributed by atoms with Crippen LogP contribution in [0.1, 0.15) is 16.1 Å². The number of hydrazone groups is 1. The first-order valence-electron chi connectivity index (χ1n) is 9.83. The van der Waals surface area contributed by atoms with Gasteiger partial charge in [-0.15, -0.1) is 0 Å². The molecule has 33 heavy (non-hydrogen) atoms. The summed E-state index contributed by atoms with van der Waals surface area (Å²) < 4.78 is 16.3. The van der Waals surface area contributed by atoms with Gasteiger partial charge in [-0.05, 0) is 41.1 Å². The Bertz CT molecular complexity index is 1380. The summed E-state index contributed by atoms with van der Waals surface area (Å²) in [7, 11) is 2.96. The number of methoxy groups -OCH3 is 2. The number of carbonyl (C=O) groups is 1. The second-order valence-corrected chi connectivity index (χ2v) is 6.94. The first-order valence-corrected chi connectivity index (χ1v) is 9.83. The van der Waals surface area contributed by atoms with Crippen molar-refractivity contribution in [3.63, 3.8) is 0 Å². The van der Waals surface area contributed by atoms with Crippen LogP contribution in [0.25, 0.3) is 22.1 Å². The maximum absolute atomic E-state index is 12.7. The van der Waals surface area contributed by atoms with E-state index in [9.17, 15) is 14.9 Å². The van der Waals surface area contributed by atoms with Crippen molar-refractivity contribution < 1.29 is 23.6 Å². The normalized spacial score (nSPS) is 11.0. The lowest BCUT2D eigenvalue weighted by Crippen LogP contribution is -2.18. The lowest BCUT2D eigenvalue weighted by Gasteiger charge is -2.09. The van der Waals surface area contributed by atoms with Crippen LogP contribution in [0.3, 0.4) is 0 Å². The van der Waals surface area contributed by atoms with Crippen LogP contribution < -0.4 is 14.9 Å². The number of ether oxygens (including phenoxy) is 2. The highest BCUT2D eigenvalue weighted by molar-refractivity contribution is 6.01. The van der Waals surface area contributed by atoms with Gasteiger partial charge in [-0.25, -0.2) is 5.43 Å². The predicted octanol–water partition coefficient (Wildman–Crippen LogP) is 4.79. The Morgan fingerprint density at radius 1 is 1.00 bits per heavy atom. The molecular formula is C24H19N3O6. The molecule has 1 N–H and O–H groups in total. The highest BCUT2D eigenvalue weighted by atomic mass is 16.6. The number of fused-ring (bicyclic) bond motifs is 1. The maximum Gasteiger partial charge on any atom is 0.275 e. The van der Waals surface area contributed by atoms with Gasteiger partial charge < -0.3 is 13.9 Å². The number of non-ortho nitro benzene ring substituents is 1. The van der Waals surface area contributed by atoms with Gasteiger partial charge in [0.05, 0.1) is 36.5 Å². The van der Waals surface area contributed by atoms with Gasteiger partial charge >= 0.3 is 0 Å². The Morgan fingerprint density at radius 2 is 1.73 bits per heavy atom. The summed E-state index contributed by atoms with van der Waals surface area (Å²) in [5, 5.41) is 16.9. The van der Waals surface area contributed by atoms with E-state index in [-0.39, 0.29) is 5.69 Å². The molecular weight excluding hydrogens is 426 g/mol. The Morgan fingerprint density at radius 3 is 2.42 bits per heavy atom. The Kier molecular flexibility index (Phi) is 6.03. The van der Waals surface area contributed by atoms with Crippen LogP contribution >= 0.6 is 0 Å². The van der Waals surface area contributed by atoms with E-state index in [2.05, 4.69) is 10.5 Å². The molecule has 0 unspecified atom stereocenters. The molecule has 3 aromatic carbocycles. The highest BCUT2D eigenvalue weighted by Gasteiger charge is 2.16. The minimum atomic E-state index is -0.495. The second-order valence-electron chi connectivity index (χ2n) is 6.94. The fraction of sp³-hybridized carbons (Fsp3) is 0.0833. The third-order valence-corrected chi connectivity index (χ3v) is 4.96. The van der Waals surface area contributed by atoms with Gasteiger partial charge in [0.2, 0.25) is 0 Å². The van der Waals surface area contributed by atoms with E-state index >= 15 is 0 Å². The summed E-state index contributed by atoms with van der Waals surface area (Å²) in [6.45, 7) is 0. The van der Waals surface area contributed by atoms with E-state index in [0.717, 1.165) is 10.8 Å². The molecule has 1 amide bonds. The molecule has 0 spiro atoms. The number of hydrogen-bond donors (Lipinski definition) is 1. The second kappa shape index (κ2) is 9.23. The molecule has 0 saturated heterocycles. The lowest BCUT2D eigenvalue weighted by molar-refractivity contribution is -0.384. The Balaban J connectivity index is 1.53. The van der Waals surface area contributed by atoms with Crippen LogP contribution in [-0.2, 0) is 0 Å². The zero-order chi connectivity index (χ0) is 23.4. The molecule has 1 aromatic heterocycles. The van der Waals surface area contributed by atoms with Crippen molar-refractivity contribution in [3.8, 4) is 22.8 Å². The van der Waals surface area contributed by atoms with Crippen molar-refractivity contribution >= 4 is 28.6 Å². The average molecular weight is 445 g/mol. The third kappa shape index (κ3) is 4.52. The predicted molar refractivity (Wildman–Crippen MR) is 123 cm³/mol. The third-order valence-electron chi connectivity index (χ3n) is 4.96. The lowest BCUT2D eigenvalue weighted by atomic mass is 10.1. The maximum atomic E-state index is 12.7. The number of hydrogen-bond acceptors (Lipinski definition) is 7. The number of carbonyl (C=O) groups excluding carboxylic acids is 1. The van der Waals surface area contributed by atoms with Crippen LogP contribution in [0.2, 0.25) is 0 Å². The van der Waals surface area contributed by atoms with Crippen molar-refractivity contribution in [2.24, 2.45) is 5.10 Å². The molecule has 0 atom stereocenters. The zero-order valence-corrected chi connectivity index (χ0v) is 17.8. The average Bonchev–Trinajstić information content (AvgIpc) is 3.31. The largest absolute Gasteiger partial charge is 0.496 e. The molecule has 0 fully saturated rings. The zero-order valence-electron chi connectivity index (χ0n) is 17.8. The van der Waals surface area contributed by atoms with Gasteiger partial charge in [0.1, 0.15) is 23.0 Å². The van der Waals surface area contributed by atoms with Crippen LogP contribution in [0, 0.1) is 10.1 Å². The Labute approximate surface area is 188 Å². The van der Waals surface area contributed by atoms with Crippen LogP contribution in [0.4, 0.5) is 5.69 Å². The van der Waals surface area contributed by atoms with Crippen molar-refractivity contribution in [1.82, 2.24) is 5.43 Å². The summed E-state index contributed by atoms with van der Waals surface area (Å²) in [4.78, 5) is 23.3. The summed E-state index contributed by atoms with van der Waals surface area (Å²) >= 11 is 0. The smallest absolute Gasteiger partial charge is 0.275 e. The number of amides is 1. The fourth-order valence-corrected chi connectivity index (χ4v) is 3.35. The van der Waals surface area contributed by atoms with E-state index in [1.807, 2.05) is 24.3 Å². The van der Waals surface area contributed by atoms with Crippen molar-refractivity contribution in [1.29, 1.82) is 0 Å². The SMILES string of the molecule is COc1cc2ccccc2cc1C(=O)N/N=C\c1ccc(-c2cc([N+](=O)[O-])ccc2OC)o1. The molecule has 9 nitrogen and oxygen atoms in total. The van der Waals surface area contributed by atoms with E-state index in [0.29, 0.717) is 34.1 Å². The van der Waals surface area contributed by atoms with Crippen LogP contribution in [0.15, 0.2) is 76.2 Å². The van der Waals surface area contributed by atoms with Crippen LogP contribution in [0.5, 0.6) is 11.5 Å². The molecule has 0 bridgehead atoms. The first kappa shape index (κ1) is 21.6. The number of rotatable bonds is 7. The number of benzene rings is 3. The number of furan rings is 1. The Hall–Kier alpha value is -4.66. The van der Waals surface area contributed by atoms with E-state index < -0.39 is 10.8 Å². The van der Waals surface area contributed by atoms with E-state index in [1.165, 1.54) is 38.6 Å². The summed E-state index contributed by atoms with van der Waals surface area (Å²) in [6, 6.07) is 18.6. The molecule has 166 valence electrons. The molecule has 0 aliphatic rings. The topological polar surface area (TPSA) is 116 Å². The summed E-state index contributed by atoms with van der Waals surface area (Å²) in [5.41, 5.74) is 3.14. The minimum absolute atomic E-state index is 0.0889. The van der Waals surface area contributed by atoms with Gasteiger partial charge in [-0.2, -0.15) is 5.10 Å². The van der Waals surface area contributed by atoms with Crippen molar-refractivity contribution in [2.75, 3.05) is 14.2 Å². The molecule has 0 saturated carbocycles. The fourth-order valence-electron chi connectivity index (χ4n) is 3.35. The summed E-state index contributed by atoms with van der Waals surface area (Å²) in [5.74, 6) is 1.11. The molecule has 0 aliphatic carbocycles. The standard InChI is InChI=1S/C24H19N3O6/c1-31-21-9-7-17(27(29)30)13-19(21)22-10-8-18(33-22)14-25-26-24(28)20-11-15-5-3-4-6-16(15)12-23(20)32-2/h3-14H,1-2H3,(H,26,28)/b25-14-.